The quantitative estimate of drug-likeness (QED) is 0.772. The zero-order valence-electron chi connectivity index (χ0n) is 9.87. The van der Waals surface area contributed by atoms with E-state index in [0.717, 1.165) is 11.1 Å². The number of nitrogens with one attached hydrogen (secondary N) is 1. The lowest BCUT2D eigenvalue weighted by Crippen LogP contribution is -2.16. The zero-order valence-corrected chi connectivity index (χ0v) is 9.87. The summed E-state index contributed by atoms with van der Waals surface area (Å²) in [6.45, 7) is 6.01. The highest BCUT2D eigenvalue weighted by molar-refractivity contribution is 5.75. The van der Waals surface area contributed by atoms with Gasteiger partial charge in [0.05, 0.1) is 12.4 Å². The van der Waals surface area contributed by atoms with Crippen molar-refractivity contribution in [2.45, 2.75) is 26.8 Å². The number of rotatable bonds is 1. The Hall–Kier alpha value is -1.64. The molecule has 16 heavy (non-hydrogen) atoms. The Morgan fingerprint density at radius 2 is 1.81 bits per heavy atom. The van der Waals surface area contributed by atoms with Crippen molar-refractivity contribution in [3.05, 3.63) is 41.8 Å². The molecule has 2 nitrogen and oxygen atoms in total. The molecule has 0 spiro atoms. The second-order valence-electron chi connectivity index (χ2n) is 3.23. The predicted octanol–water partition coefficient (Wildman–Crippen LogP) is 3.21. The third kappa shape index (κ3) is 2.92. The molecule has 1 aliphatic rings. The van der Waals surface area contributed by atoms with Crippen LogP contribution in [-0.2, 0) is 0 Å². The first-order valence-corrected chi connectivity index (χ1v) is 5.51. The Bertz CT molecular complexity index is 379. The first-order chi connectivity index (χ1) is 7.77. The van der Waals surface area contributed by atoms with Crippen LogP contribution in [0.5, 0.6) is 0 Å². The number of nitrogens with zero attached hydrogens (tertiary/aromatic N) is 1. The maximum atomic E-state index is 12.7. The van der Waals surface area contributed by atoms with Gasteiger partial charge in [-0.25, -0.2) is 4.39 Å². The van der Waals surface area contributed by atoms with E-state index in [0.29, 0.717) is 0 Å². The second-order valence-corrected chi connectivity index (χ2v) is 3.23. The molecule has 1 heterocycles. The van der Waals surface area contributed by atoms with E-state index in [9.17, 15) is 4.39 Å². The molecule has 1 aliphatic heterocycles. The lowest BCUT2D eigenvalue weighted by molar-refractivity contribution is 0.627. The van der Waals surface area contributed by atoms with Gasteiger partial charge in [-0.05, 0) is 30.2 Å². The van der Waals surface area contributed by atoms with Crippen LogP contribution in [0.15, 0.2) is 35.5 Å². The van der Waals surface area contributed by atoms with Crippen LogP contribution in [0.1, 0.15) is 26.3 Å². The molecule has 86 valence electrons. The smallest absolute Gasteiger partial charge is 0.123 e. The minimum absolute atomic E-state index is 0.127. The van der Waals surface area contributed by atoms with Gasteiger partial charge < -0.3 is 5.32 Å². The van der Waals surface area contributed by atoms with Crippen molar-refractivity contribution in [3.63, 3.8) is 0 Å². The topological polar surface area (TPSA) is 24.4 Å². The summed E-state index contributed by atoms with van der Waals surface area (Å²) in [6.07, 6.45) is 3.56. The molecule has 0 bridgehead atoms. The van der Waals surface area contributed by atoms with E-state index in [2.05, 4.69) is 10.3 Å². The van der Waals surface area contributed by atoms with Crippen molar-refractivity contribution in [3.8, 4) is 0 Å². The standard InChI is InChI=1S/C11H11FN2.C2H6/c1-8-11(6-13-7-14-8)9-2-4-10(12)5-3-9;1-2/h2-8H,1H3,(H,13,14);1-2H3. The summed E-state index contributed by atoms with van der Waals surface area (Å²) < 4.78 is 12.7. The average molecular weight is 220 g/mol. The van der Waals surface area contributed by atoms with Crippen LogP contribution in [0.3, 0.4) is 0 Å². The molecular formula is C13H17FN2. The number of benzene rings is 1. The number of hydrogen-bond donors (Lipinski definition) is 1. The molecule has 1 aromatic rings. The van der Waals surface area contributed by atoms with Crippen molar-refractivity contribution in [2.75, 3.05) is 0 Å². The predicted molar refractivity (Wildman–Crippen MR) is 66.8 cm³/mol. The number of halogens is 1. The average Bonchev–Trinajstić information content (AvgIpc) is 2.34. The van der Waals surface area contributed by atoms with Gasteiger partial charge in [-0.3, -0.25) is 4.99 Å². The van der Waals surface area contributed by atoms with Gasteiger partial charge in [-0.1, -0.05) is 26.0 Å². The lowest BCUT2D eigenvalue weighted by atomic mass is 10.0. The molecule has 0 radical (unpaired) electrons. The molecule has 0 amide bonds. The minimum atomic E-state index is -0.214. The molecule has 2 rings (SSSR count). The van der Waals surface area contributed by atoms with Gasteiger partial charge >= 0.3 is 0 Å². The first kappa shape index (κ1) is 12.4. The fraction of sp³-hybridized carbons (Fsp3) is 0.308. The highest BCUT2D eigenvalue weighted by Crippen LogP contribution is 2.21. The Balaban J connectivity index is 0.000000606. The highest BCUT2D eigenvalue weighted by atomic mass is 19.1. The summed E-state index contributed by atoms with van der Waals surface area (Å²) in [5, 5.41) is 2.93. The van der Waals surface area contributed by atoms with Gasteiger partial charge in [0.1, 0.15) is 5.82 Å². The van der Waals surface area contributed by atoms with Gasteiger partial charge in [0.15, 0.2) is 0 Å². The Morgan fingerprint density at radius 3 is 2.38 bits per heavy atom. The van der Waals surface area contributed by atoms with Crippen LogP contribution < -0.4 is 5.32 Å². The second kappa shape index (κ2) is 6.05. The third-order valence-corrected chi connectivity index (χ3v) is 2.24. The first-order valence-electron chi connectivity index (χ1n) is 5.51. The SMILES string of the molecule is CC.CC1N=CNC=C1c1ccc(F)cc1. The van der Waals surface area contributed by atoms with Crippen LogP contribution in [0, 0.1) is 5.82 Å². The molecule has 0 saturated heterocycles. The monoisotopic (exact) mass is 220 g/mol. The summed E-state index contributed by atoms with van der Waals surface area (Å²) in [6, 6.07) is 6.57. The summed E-state index contributed by atoms with van der Waals surface area (Å²) in [7, 11) is 0. The van der Waals surface area contributed by atoms with Gasteiger partial charge in [-0.2, -0.15) is 0 Å². The van der Waals surface area contributed by atoms with Crippen LogP contribution in [0.4, 0.5) is 4.39 Å². The molecule has 1 aromatic carbocycles. The van der Waals surface area contributed by atoms with E-state index in [1.54, 1.807) is 18.5 Å². The van der Waals surface area contributed by atoms with Crippen molar-refractivity contribution in [2.24, 2.45) is 4.99 Å². The van der Waals surface area contributed by atoms with E-state index in [4.69, 9.17) is 0 Å². The zero-order chi connectivity index (χ0) is 12.0. The molecule has 0 saturated carbocycles. The van der Waals surface area contributed by atoms with Crippen LogP contribution >= 0.6 is 0 Å². The van der Waals surface area contributed by atoms with Crippen LogP contribution in [-0.4, -0.2) is 12.4 Å². The fourth-order valence-corrected chi connectivity index (χ4v) is 1.45. The maximum Gasteiger partial charge on any atom is 0.123 e. The Kier molecular flexibility index (Phi) is 4.70. The molecule has 1 N–H and O–H groups in total. The normalized spacial score (nSPS) is 18.0. The van der Waals surface area contributed by atoms with E-state index in [-0.39, 0.29) is 11.9 Å². The van der Waals surface area contributed by atoms with Crippen LogP contribution in [0.2, 0.25) is 0 Å². The maximum absolute atomic E-state index is 12.7. The number of aliphatic imine (C=N–C) groups is 1. The van der Waals surface area contributed by atoms with E-state index in [1.807, 2.05) is 27.0 Å². The van der Waals surface area contributed by atoms with E-state index < -0.39 is 0 Å². The van der Waals surface area contributed by atoms with Crippen molar-refractivity contribution < 1.29 is 4.39 Å². The Labute approximate surface area is 95.9 Å². The van der Waals surface area contributed by atoms with Crippen molar-refractivity contribution >= 4 is 11.9 Å². The molecule has 3 heteroatoms. The molecule has 0 aromatic heterocycles. The number of hydrogen-bond acceptors (Lipinski definition) is 2. The Morgan fingerprint density at radius 1 is 1.19 bits per heavy atom. The molecule has 1 unspecified atom stereocenters. The lowest BCUT2D eigenvalue weighted by Gasteiger charge is -2.15. The highest BCUT2D eigenvalue weighted by Gasteiger charge is 2.11. The van der Waals surface area contributed by atoms with Crippen molar-refractivity contribution in [1.82, 2.24) is 5.32 Å². The van der Waals surface area contributed by atoms with Gasteiger partial charge in [0.2, 0.25) is 0 Å². The fourth-order valence-electron chi connectivity index (χ4n) is 1.45. The molecule has 0 fully saturated rings. The summed E-state index contributed by atoms with van der Waals surface area (Å²) in [5.74, 6) is -0.214. The largest absolute Gasteiger partial charge is 0.353 e. The third-order valence-electron chi connectivity index (χ3n) is 2.24. The minimum Gasteiger partial charge on any atom is -0.353 e. The van der Waals surface area contributed by atoms with Gasteiger partial charge in [0.25, 0.3) is 0 Å². The summed E-state index contributed by atoms with van der Waals surface area (Å²) >= 11 is 0. The van der Waals surface area contributed by atoms with E-state index in [1.165, 1.54) is 12.1 Å². The summed E-state index contributed by atoms with van der Waals surface area (Å²) in [4.78, 5) is 4.21. The van der Waals surface area contributed by atoms with Gasteiger partial charge in [-0.15, -0.1) is 0 Å². The van der Waals surface area contributed by atoms with Crippen molar-refractivity contribution in [1.29, 1.82) is 0 Å². The van der Waals surface area contributed by atoms with E-state index >= 15 is 0 Å². The summed E-state index contributed by atoms with van der Waals surface area (Å²) in [5.41, 5.74) is 2.08. The molecule has 1 atom stereocenters. The molecule has 0 aliphatic carbocycles. The van der Waals surface area contributed by atoms with Crippen LogP contribution in [0.25, 0.3) is 5.57 Å². The molecular weight excluding hydrogens is 203 g/mol. The van der Waals surface area contributed by atoms with Gasteiger partial charge in [0, 0.05) is 6.20 Å².